The van der Waals surface area contributed by atoms with Gasteiger partial charge in [-0.3, -0.25) is 4.90 Å². The molecule has 2 rings (SSSR count). The van der Waals surface area contributed by atoms with Crippen LogP contribution in [0.5, 0.6) is 0 Å². The first-order valence-electron chi connectivity index (χ1n) is 6.84. The van der Waals surface area contributed by atoms with Crippen LogP contribution in [-0.2, 0) is 0 Å². The van der Waals surface area contributed by atoms with Crippen LogP contribution in [0, 0.1) is 5.92 Å². The summed E-state index contributed by atoms with van der Waals surface area (Å²) < 4.78 is 0. The molecule has 3 nitrogen and oxygen atoms in total. The number of hydrogen-bond acceptors (Lipinski definition) is 4. The molecule has 2 heterocycles. The van der Waals surface area contributed by atoms with E-state index in [9.17, 15) is 5.11 Å². The molecule has 0 bridgehead atoms. The fourth-order valence-electron chi connectivity index (χ4n) is 2.81. The Bertz CT molecular complexity index is 353. The highest BCUT2D eigenvalue weighted by Crippen LogP contribution is 2.33. The molecule has 3 N–H and O–H groups in total. The number of nitrogens with zero attached hydrogens (tertiary/aromatic N) is 1. The van der Waals surface area contributed by atoms with Crippen LogP contribution in [0.3, 0.4) is 0 Å². The maximum absolute atomic E-state index is 9.72. The molecule has 1 aliphatic rings. The van der Waals surface area contributed by atoms with E-state index in [2.05, 4.69) is 29.3 Å². The van der Waals surface area contributed by atoms with Crippen LogP contribution in [0.15, 0.2) is 17.5 Å². The van der Waals surface area contributed by atoms with Crippen molar-refractivity contribution in [2.24, 2.45) is 11.7 Å². The van der Waals surface area contributed by atoms with E-state index in [-0.39, 0.29) is 12.1 Å². The Morgan fingerprint density at radius 3 is 2.89 bits per heavy atom. The molecule has 0 aromatic carbocycles. The second-order valence-corrected chi connectivity index (χ2v) is 6.30. The number of likely N-dealkylation sites (tertiary alicyclic amines) is 1. The molecule has 102 valence electrons. The Hall–Kier alpha value is -0.420. The highest BCUT2D eigenvalue weighted by Gasteiger charge is 2.34. The van der Waals surface area contributed by atoms with Crippen molar-refractivity contribution >= 4 is 11.3 Å². The molecule has 0 radical (unpaired) electrons. The number of rotatable bonds is 5. The molecule has 4 heteroatoms. The third kappa shape index (κ3) is 2.94. The van der Waals surface area contributed by atoms with Gasteiger partial charge in [-0.05, 0) is 43.7 Å². The minimum Gasteiger partial charge on any atom is -0.393 e. The standard InChI is InChI=1S/C14H24N2OS/c1-3-12(15)14(13-5-4-8-18-13)16-7-6-11(9-16)10(2)17/h4-5,8,10-12,14,17H,3,6-7,9,15H2,1-2H3. The first-order valence-corrected chi connectivity index (χ1v) is 7.72. The number of hydrogen-bond donors (Lipinski definition) is 2. The molecule has 1 fully saturated rings. The van der Waals surface area contributed by atoms with E-state index in [1.54, 1.807) is 11.3 Å². The third-order valence-electron chi connectivity index (χ3n) is 4.04. The van der Waals surface area contributed by atoms with E-state index in [1.807, 2.05) is 6.92 Å². The zero-order valence-electron chi connectivity index (χ0n) is 11.2. The summed E-state index contributed by atoms with van der Waals surface area (Å²) in [5, 5.41) is 11.8. The van der Waals surface area contributed by atoms with E-state index in [4.69, 9.17) is 5.73 Å². The Morgan fingerprint density at radius 1 is 1.61 bits per heavy atom. The van der Waals surface area contributed by atoms with E-state index < -0.39 is 0 Å². The fourth-order valence-corrected chi connectivity index (χ4v) is 3.74. The number of aliphatic hydroxyl groups excluding tert-OH is 1. The van der Waals surface area contributed by atoms with Gasteiger partial charge in [0, 0.05) is 17.5 Å². The van der Waals surface area contributed by atoms with Gasteiger partial charge >= 0.3 is 0 Å². The highest BCUT2D eigenvalue weighted by atomic mass is 32.1. The van der Waals surface area contributed by atoms with Crippen LogP contribution >= 0.6 is 11.3 Å². The SMILES string of the molecule is CCC(N)C(c1cccs1)N1CCC(C(C)O)C1. The Labute approximate surface area is 114 Å². The lowest BCUT2D eigenvalue weighted by Crippen LogP contribution is -2.39. The molecule has 1 saturated heterocycles. The van der Waals surface area contributed by atoms with Crippen LogP contribution in [-0.4, -0.2) is 35.2 Å². The first kappa shape index (κ1) is 14.0. The Kier molecular flexibility index (Phi) is 4.78. The number of thiophene rings is 1. The Morgan fingerprint density at radius 2 is 2.39 bits per heavy atom. The third-order valence-corrected chi connectivity index (χ3v) is 4.99. The van der Waals surface area contributed by atoms with Crippen molar-refractivity contribution in [1.82, 2.24) is 4.90 Å². The molecule has 1 aromatic rings. The van der Waals surface area contributed by atoms with Crippen LogP contribution in [0.4, 0.5) is 0 Å². The predicted molar refractivity (Wildman–Crippen MR) is 76.7 cm³/mol. The lowest BCUT2D eigenvalue weighted by molar-refractivity contribution is 0.118. The lowest BCUT2D eigenvalue weighted by atomic mass is 10.0. The van der Waals surface area contributed by atoms with Crippen LogP contribution in [0.2, 0.25) is 0 Å². The maximum Gasteiger partial charge on any atom is 0.0593 e. The summed E-state index contributed by atoms with van der Waals surface area (Å²) in [5.74, 6) is 0.400. The average Bonchev–Trinajstić information content (AvgIpc) is 3.00. The summed E-state index contributed by atoms with van der Waals surface area (Å²) in [5.41, 5.74) is 6.31. The quantitative estimate of drug-likeness (QED) is 0.861. The molecule has 0 aliphatic carbocycles. The minimum atomic E-state index is -0.211. The van der Waals surface area contributed by atoms with Gasteiger partial charge in [0.1, 0.15) is 0 Å². The summed E-state index contributed by atoms with van der Waals surface area (Å²) >= 11 is 1.79. The highest BCUT2D eigenvalue weighted by molar-refractivity contribution is 7.10. The molecule has 4 atom stereocenters. The van der Waals surface area contributed by atoms with E-state index in [0.29, 0.717) is 12.0 Å². The van der Waals surface area contributed by atoms with Gasteiger partial charge in [-0.15, -0.1) is 11.3 Å². The molecular formula is C14H24N2OS. The summed E-state index contributed by atoms with van der Waals surface area (Å²) in [6.45, 7) is 6.06. The minimum absolute atomic E-state index is 0.177. The average molecular weight is 268 g/mol. The van der Waals surface area contributed by atoms with Gasteiger partial charge in [0.2, 0.25) is 0 Å². The molecule has 0 spiro atoms. The van der Waals surface area contributed by atoms with Crippen molar-refractivity contribution in [3.8, 4) is 0 Å². The topological polar surface area (TPSA) is 49.5 Å². The number of nitrogens with two attached hydrogens (primary N) is 1. The molecule has 1 aromatic heterocycles. The zero-order chi connectivity index (χ0) is 13.1. The second-order valence-electron chi connectivity index (χ2n) is 5.32. The van der Waals surface area contributed by atoms with Gasteiger partial charge in [-0.1, -0.05) is 13.0 Å². The molecule has 0 saturated carbocycles. The second kappa shape index (κ2) is 6.15. The van der Waals surface area contributed by atoms with Crippen molar-refractivity contribution in [2.75, 3.05) is 13.1 Å². The predicted octanol–water partition coefficient (Wildman–Crippen LogP) is 2.23. The van der Waals surface area contributed by atoms with Crippen LogP contribution in [0.1, 0.15) is 37.6 Å². The molecule has 4 unspecified atom stereocenters. The van der Waals surface area contributed by atoms with Crippen molar-refractivity contribution in [3.63, 3.8) is 0 Å². The summed E-state index contributed by atoms with van der Waals surface area (Å²) in [6, 6.07) is 4.77. The van der Waals surface area contributed by atoms with E-state index in [0.717, 1.165) is 25.9 Å². The zero-order valence-corrected chi connectivity index (χ0v) is 12.1. The van der Waals surface area contributed by atoms with Crippen molar-refractivity contribution in [1.29, 1.82) is 0 Å². The van der Waals surface area contributed by atoms with E-state index >= 15 is 0 Å². The van der Waals surface area contributed by atoms with Crippen molar-refractivity contribution in [2.45, 2.75) is 44.9 Å². The summed E-state index contributed by atoms with van der Waals surface area (Å²) in [7, 11) is 0. The van der Waals surface area contributed by atoms with Gasteiger partial charge in [0.05, 0.1) is 12.1 Å². The molecular weight excluding hydrogens is 244 g/mol. The fraction of sp³-hybridized carbons (Fsp3) is 0.714. The van der Waals surface area contributed by atoms with Crippen LogP contribution < -0.4 is 5.73 Å². The largest absolute Gasteiger partial charge is 0.393 e. The first-order chi connectivity index (χ1) is 8.63. The smallest absolute Gasteiger partial charge is 0.0593 e. The molecule has 18 heavy (non-hydrogen) atoms. The monoisotopic (exact) mass is 268 g/mol. The van der Waals surface area contributed by atoms with Gasteiger partial charge in [-0.2, -0.15) is 0 Å². The van der Waals surface area contributed by atoms with Gasteiger partial charge < -0.3 is 10.8 Å². The summed E-state index contributed by atoms with van der Waals surface area (Å²) in [4.78, 5) is 3.81. The van der Waals surface area contributed by atoms with Gasteiger partial charge in [0.25, 0.3) is 0 Å². The van der Waals surface area contributed by atoms with Gasteiger partial charge in [-0.25, -0.2) is 0 Å². The number of aliphatic hydroxyl groups is 1. The summed E-state index contributed by atoms with van der Waals surface area (Å²) in [6.07, 6.45) is 1.85. The van der Waals surface area contributed by atoms with Crippen LogP contribution in [0.25, 0.3) is 0 Å². The molecule has 0 amide bonds. The molecule has 1 aliphatic heterocycles. The maximum atomic E-state index is 9.72. The van der Waals surface area contributed by atoms with Crippen molar-refractivity contribution in [3.05, 3.63) is 22.4 Å². The normalized spacial score (nSPS) is 26.1. The Balaban J connectivity index is 2.11. The van der Waals surface area contributed by atoms with E-state index in [1.165, 1.54) is 4.88 Å². The van der Waals surface area contributed by atoms with Crippen molar-refractivity contribution < 1.29 is 5.11 Å². The lowest BCUT2D eigenvalue weighted by Gasteiger charge is -2.31. The van der Waals surface area contributed by atoms with Gasteiger partial charge in [0.15, 0.2) is 0 Å².